The van der Waals surface area contributed by atoms with Crippen molar-refractivity contribution in [2.45, 2.75) is 26.2 Å². The second kappa shape index (κ2) is 3.35. The summed E-state index contributed by atoms with van der Waals surface area (Å²) in [5.41, 5.74) is 0.949. The highest BCUT2D eigenvalue weighted by Crippen LogP contribution is 2.28. The van der Waals surface area contributed by atoms with E-state index >= 15 is 0 Å². The van der Waals surface area contributed by atoms with Crippen LogP contribution in [0.3, 0.4) is 0 Å². The largest absolute Gasteiger partial charge is 0.258 e. The molecule has 0 atom stereocenters. The van der Waals surface area contributed by atoms with Gasteiger partial charge in [-0.25, -0.2) is 0 Å². The molecule has 0 aromatic carbocycles. The number of aromatic nitrogens is 1. The van der Waals surface area contributed by atoms with E-state index in [4.69, 9.17) is 11.6 Å². The number of nitrogens with zero attached hydrogens (tertiary/aromatic N) is 1. The first-order valence-electron chi connectivity index (χ1n) is 3.73. The lowest BCUT2D eigenvalue weighted by Crippen LogP contribution is -2.13. The van der Waals surface area contributed by atoms with Crippen LogP contribution in [0.5, 0.6) is 0 Å². The highest BCUT2D eigenvalue weighted by atomic mass is 79.9. The number of halogens is 2. The molecule has 12 heavy (non-hydrogen) atoms. The minimum absolute atomic E-state index is 0.0117. The molecule has 0 aliphatic rings. The summed E-state index contributed by atoms with van der Waals surface area (Å²) >= 11 is 9.34. The molecule has 1 aromatic rings. The zero-order valence-electron chi connectivity index (χ0n) is 7.36. The van der Waals surface area contributed by atoms with Gasteiger partial charge < -0.3 is 0 Å². The van der Waals surface area contributed by atoms with Gasteiger partial charge in [-0.3, -0.25) is 4.98 Å². The second-order valence-electron chi connectivity index (χ2n) is 3.73. The molecule has 1 heterocycles. The first kappa shape index (κ1) is 10.0. The highest BCUT2D eigenvalue weighted by molar-refractivity contribution is 9.10. The van der Waals surface area contributed by atoms with E-state index in [-0.39, 0.29) is 5.41 Å². The molecule has 1 aromatic heterocycles. The van der Waals surface area contributed by atoms with Crippen LogP contribution in [0.1, 0.15) is 26.5 Å². The van der Waals surface area contributed by atoms with E-state index in [9.17, 15) is 0 Å². The predicted octanol–water partition coefficient (Wildman–Crippen LogP) is 3.80. The minimum atomic E-state index is 0.0117. The summed E-state index contributed by atoms with van der Waals surface area (Å²) in [6.07, 6.45) is 1.77. The van der Waals surface area contributed by atoms with Crippen molar-refractivity contribution in [1.82, 2.24) is 4.98 Å². The van der Waals surface area contributed by atoms with Crippen LogP contribution < -0.4 is 0 Å². The number of hydrogen-bond acceptors (Lipinski definition) is 1. The monoisotopic (exact) mass is 247 g/mol. The van der Waals surface area contributed by atoms with Crippen LogP contribution in [-0.2, 0) is 5.41 Å². The van der Waals surface area contributed by atoms with Crippen LogP contribution in [0.4, 0.5) is 0 Å². The lowest BCUT2D eigenvalue weighted by Gasteiger charge is -2.18. The van der Waals surface area contributed by atoms with Gasteiger partial charge >= 0.3 is 0 Å². The fraction of sp³-hybridized carbons (Fsp3) is 0.444. The van der Waals surface area contributed by atoms with Crippen LogP contribution in [0.25, 0.3) is 0 Å². The molecule has 0 saturated heterocycles. The Balaban J connectivity index is 3.19. The van der Waals surface area contributed by atoms with Crippen LogP contribution >= 0.6 is 27.5 Å². The Labute approximate surface area is 86.3 Å². The van der Waals surface area contributed by atoms with Gasteiger partial charge in [0, 0.05) is 16.1 Å². The van der Waals surface area contributed by atoms with Crippen molar-refractivity contribution in [3.05, 3.63) is 27.5 Å². The molecular weight excluding hydrogens is 237 g/mol. The van der Waals surface area contributed by atoms with E-state index in [1.807, 2.05) is 6.07 Å². The fourth-order valence-corrected chi connectivity index (χ4v) is 1.88. The molecule has 0 amide bonds. The average Bonchev–Trinajstić information content (AvgIpc) is 1.83. The molecule has 3 heteroatoms. The maximum absolute atomic E-state index is 6.02. The average molecular weight is 249 g/mol. The Morgan fingerprint density at radius 2 is 2.00 bits per heavy atom. The van der Waals surface area contributed by atoms with Crippen molar-refractivity contribution < 1.29 is 0 Å². The molecule has 0 aliphatic carbocycles. The first-order valence-corrected chi connectivity index (χ1v) is 4.90. The minimum Gasteiger partial charge on any atom is -0.258 e. The molecule has 0 spiro atoms. The van der Waals surface area contributed by atoms with Crippen LogP contribution in [0.15, 0.2) is 16.7 Å². The standard InChI is InChI=1S/C9H11BrClN/c1-9(2,3)8-7(11)4-6(10)5-12-8/h4-5H,1-3H3. The first-order chi connectivity index (χ1) is 5.41. The number of hydrogen-bond donors (Lipinski definition) is 0. The smallest absolute Gasteiger partial charge is 0.0643 e. The van der Waals surface area contributed by atoms with Crippen LogP contribution in [0, 0.1) is 0 Å². The molecule has 0 aliphatic heterocycles. The third kappa shape index (κ3) is 2.20. The molecule has 0 radical (unpaired) electrons. The van der Waals surface area contributed by atoms with Crippen molar-refractivity contribution in [2.24, 2.45) is 0 Å². The Bertz CT molecular complexity index is 291. The van der Waals surface area contributed by atoms with Crippen molar-refractivity contribution in [3.8, 4) is 0 Å². The third-order valence-electron chi connectivity index (χ3n) is 1.52. The van der Waals surface area contributed by atoms with Gasteiger partial charge in [0.15, 0.2) is 0 Å². The van der Waals surface area contributed by atoms with Gasteiger partial charge in [0.2, 0.25) is 0 Å². The van der Waals surface area contributed by atoms with Crippen LogP contribution in [-0.4, -0.2) is 4.98 Å². The van der Waals surface area contributed by atoms with Gasteiger partial charge in [-0.05, 0) is 22.0 Å². The molecular formula is C9H11BrClN. The predicted molar refractivity (Wildman–Crippen MR) is 55.6 cm³/mol. The Kier molecular flexibility index (Phi) is 2.79. The molecule has 1 nitrogen and oxygen atoms in total. The van der Waals surface area contributed by atoms with Crippen molar-refractivity contribution in [2.75, 3.05) is 0 Å². The summed E-state index contributed by atoms with van der Waals surface area (Å²) in [5, 5.41) is 0.719. The quantitative estimate of drug-likeness (QED) is 0.681. The van der Waals surface area contributed by atoms with Gasteiger partial charge in [0.1, 0.15) is 0 Å². The van der Waals surface area contributed by atoms with Gasteiger partial charge in [-0.1, -0.05) is 32.4 Å². The van der Waals surface area contributed by atoms with Crippen molar-refractivity contribution in [3.63, 3.8) is 0 Å². The lowest BCUT2D eigenvalue weighted by molar-refractivity contribution is 0.569. The zero-order valence-corrected chi connectivity index (χ0v) is 9.70. The van der Waals surface area contributed by atoms with Crippen molar-refractivity contribution >= 4 is 27.5 Å². The summed E-state index contributed by atoms with van der Waals surface area (Å²) in [6.45, 7) is 6.28. The van der Waals surface area contributed by atoms with Gasteiger partial charge in [-0.15, -0.1) is 0 Å². The summed E-state index contributed by atoms with van der Waals surface area (Å²) < 4.78 is 0.917. The second-order valence-corrected chi connectivity index (χ2v) is 5.06. The maximum atomic E-state index is 6.02. The summed E-state index contributed by atoms with van der Waals surface area (Å²) in [4.78, 5) is 4.27. The molecule has 0 saturated carbocycles. The highest BCUT2D eigenvalue weighted by Gasteiger charge is 2.18. The van der Waals surface area contributed by atoms with Crippen LogP contribution in [0.2, 0.25) is 5.02 Å². The van der Waals surface area contributed by atoms with Crippen molar-refractivity contribution in [1.29, 1.82) is 0 Å². The normalized spacial score (nSPS) is 11.8. The molecule has 0 fully saturated rings. The van der Waals surface area contributed by atoms with E-state index in [0.717, 1.165) is 15.2 Å². The summed E-state index contributed by atoms with van der Waals surface area (Å²) in [7, 11) is 0. The van der Waals surface area contributed by atoms with E-state index in [0.29, 0.717) is 0 Å². The van der Waals surface area contributed by atoms with Gasteiger partial charge in [0.05, 0.1) is 10.7 Å². The molecule has 66 valence electrons. The Hall–Kier alpha value is -0.0800. The molecule has 0 bridgehead atoms. The topological polar surface area (TPSA) is 12.9 Å². The summed E-state index contributed by atoms with van der Waals surface area (Å²) in [5.74, 6) is 0. The number of pyridine rings is 1. The third-order valence-corrected chi connectivity index (χ3v) is 2.24. The Morgan fingerprint density at radius 3 is 2.42 bits per heavy atom. The Morgan fingerprint density at radius 1 is 1.42 bits per heavy atom. The van der Waals surface area contributed by atoms with E-state index < -0.39 is 0 Å². The molecule has 1 rings (SSSR count). The lowest BCUT2D eigenvalue weighted by atomic mass is 9.92. The van der Waals surface area contributed by atoms with E-state index in [1.54, 1.807) is 6.20 Å². The number of rotatable bonds is 0. The zero-order chi connectivity index (χ0) is 9.35. The summed E-state index contributed by atoms with van der Waals surface area (Å²) in [6, 6.07) is 1.87. The van der Waals surface area contributed by atoms with Gasteiger partial charge in [-0.2, -0.15) is 0 Å². The van der Waals surface area contributed by atoms with E-state index in [2.05, 4.69) is 41.7 Å². The fourth-order valence-electron chi connectivity index (χ4n) is 0.966. The molecule has 0 N–H and O–H groups in total. The maximum Gasteiger partial charge on any atom is 0.0643 e. The van der Waals surface area contributed by atoms with Gasteiger partial charge in [0.25, 0.3) is 0 Å². The molecule has 0 unspecified atom stereocenters. The SMILES string of the molecule is CC(C)(C)c1ncc(Br)cc1Cl. The van der Waals surface area contributed by atoms with E-state index in [1.165, 1.54) is 0 Å².